The van der Waals surface area contributed by atoms with E-state index in [-0.39, 0.29) is 11.8 Å². The van der Waals surface area contributed by atoms with Crippen LogP contribution in [0, 0.1) is 5.41 Å². The Balaban J connectivity index is 1.59. The van der Waals surface area contributed by atoms with Crippen LogP contribution in [-0.2, 0) is 16.0 Å². The zero-order valence-electron chi connectivity index (χ0n) is 16.4. The van der Waals surface area contributed by atoms with E-state index in [4.69, 9.17) is 0 Å². The van der Waals surface area contributed by atoms with E-state index in [0.717, 1.165) is 29.5 Å². The van der Waals surface area contributed by atoms with Crippen molar-refractivity contribution in [2.75, 3.05) is 13.1 Å². The summed E-state index contributed by atoms with van der Waals surface area (Å²) in [5.74, 6) is 0.235. The maximum Gasteiger partial charge on any atom is 0.228 e. The molecule has 0 radical (unpaired) electrons. The first-order valence-corrected chi connectivity index (χ1v) is 10.2. The van der Waals surface area contributed by atoms with Gasteiger partial charge in [0.25, 0.3) is 0 Å². The molecule has 1 saturated carbocycles. The number of nitrogens with zero attached hydrogens (tertiary/aromatic N) is 2. The molecule has 5 heteroatoms. The highest BCUT2D eigenvalue weighted by molar-refractivity contribution is 5.86. The monoisotopic (exact) mass is 377 g/mol. The third-order valence-corrected chi connectivity index (χ3v) is 5.87. The molecule has 1 aromatic carbocycles. The van der Waals surface area contributed by atoms with E-state index in [9.17, 15) is 9.59 Å². The van der Waals surface area contributed by atoms with E-state index in [1.165, 1.54) is 0 Å². The fraction of sp³-hybridized carbons (Fsp3) is 0.435. The summed E-state index contributed by atoms with van der Waals surface area (Å²) in [5, 5.41) is 3.19. The molecule has 1 aliphatic heterocycles. The number of nitrogens with one attached hydrogen (secondary N) is 1. The van der Waals surface area contributed by atoms with E-state index >= 15 is 0 Å². The van der Waals surface area contributed by atoms with Gasteiger partial charge in [0.05, 0.1) is 5.41 Å². The lowest BCUT2D eigenvalue weighted by atomic mass is 9.79. The SMILES string of the molecule is CCC(=O)N1CC[C@](Cc2cccc(-c3cccnc3)c2)(C(=O)NC2CC2)C1. The molecular weight excluding hydrogens is 350 g/mol. The Labute approximate surface area is 166 Å². The van der Waals surface area contributed by atoms with Crippen molar-refractivity contribution < 1.29 is 9.59 Å². The number of aromatic nitrogens is 1. The van der Waals surface area contributed by atoms with Crippen molar-refractivity contribution in [3.8, 4) is 11.1 Å². The Bertz CT molecular complexity index is 863. The molecule has 1 saturated heterocycles. The van der Waals surface area contributed by atoms with Crippen molar-refractivity contribution in [1.29, 1.82) is 0 Å². The maximum absolute atomic E-state index is 13.2. The molecule has 28 heavy (non-hydrogen) atoms. The number of carbonyl (C=O) groups is 2. The number of benzene rings is 1. The van der Waals surface area contributed by atoms with Gasteiger partial charge in [0.1, 0.15) is 0 Å². The molecule has 0 bridgehead atoms. The van der Waals surface area contributed by atoms with E-state index < -0.39 is 5.41 Å². The third kappa shape index (κ3) is 3.93. The minimum atomic E-state index is -0.541. The quantitative estimate of drug-likeness (QED) is 0.841. The summed E-state index contributed by atoms with van der Waals surface area (Å²) in [6, 6.07) is 12.6. The smallest absolute Gasteiger partial charge is 0.228 e. The fourth-order valence-electron chi connectivity index (χ4n) is 4.07. The van der Waals surface area contributed by atoms with Crippen LogP contribution in [0.15, 0.2) is 48.8 Å². The lowest BCUT2D eigenvalue weighted by Gasteiger charge is -2.28. The molecule has 2 fully saturated rings. The van der Waals surface area contributed by atoms with Crippen LogP contribution in [0.25, 0.3) is 11.1 Å². The minimum absolute atomic E-state index is 0.105. The minimum Gasteiger partial charge on any atom is -0.353 e. The summed E-state index contributed by atoms with van der Waals surface area (Å²) in [5.41, 5.74) is 2.75. The Kier molecular flexibility index (Phi) is 5.16. The van der Waals surface area contributed by atoms with Gasteiger partial charge in [-0.3, -0.25) is 14.6 Å². The molecule has 146 valence electrons. The first-order chi connectivity index (χ1) is 13.6. The van der Waals surface area contributed by atoms with E-state index in [0.29, 0.717) is 38.4 Å². The summed E-state index contributed by atoms with van der Waals surface area (Å²) in [7, 11) is 0. The Morgan fingerprint density at radius 1 is 1.21 bits per heavy atom. The number of likely N-dealkylation sites (tertiary alicyclic amines) is 1. The Morgan fingerprint density at radius 3 is 2.75 bits per heavy atom. The number of pyridine rings is 1. The maximum atomic E-state index is 13.2. The molecule has 0 spiro atoms. The third-order valence-electron chi connectivity index (χ3n) is 5.87. The average molecular weight is 377 g/mol. The summed E-state index contributed by atoms with van der Waals surface area (Å²) in [6.45, 7) is 3.05. The molecule has 1 N–H and O–H groups in total. The second-order valence-electron chi connectivity index (χ2n) is 8.07. The van der Waals surface area contributed by atoms with Gasteiger partial charge in [0.2, 0.25) is 11.8 Å². The van der Waals surface area contributed by atoms with Crippen LogP contribution in [0.2, 0.25) is 0 Å². The molecule has 1 atom stereocenters. The number of hydrogen-bond acceptors (Lipinski definition) is 3. The molecule has 4 rings (SSSR count). The largest absolute Gasteiger partial charge is 0.353 e. The average Bonchev–Trinajstić information content (AvgIpc) is 3.44. The van der Waals surface area contributed by atoms with Gasteiger partial charge in [0, 0.05) is 37.9 Å². The molecular formula is C23H27N3O2. The molecule has 2 heterocycles. The molecule has 0 unspecified atom stereocenters. The number of hydrogen-bond donors (Lipinski definition) is 1. The lowest BCUT2D eigenvalue weighted by Crippen LogP contribution is -2.46. The van der Waals surface area contributed by atoms with Crippen molar-refractivity contribution in [2.45, 2.75) is 45.1 Å². The number of carbonyl (C=O) groups excluding carboxylic acids is 2. The van der Waals surface area contributed by atoms with Gasteiger partial charge in [-0.2, -0.15) is 0 Å². The summed E-state index contributed by atoms with van der Waals surface area (Å²) in [6.07, 6.45) is 7.60. The summed E-state index contributed by atoms with van der Waals surface area (Å²) >= 11 is 0. The highest BCUT2D eigenvalue weighted by Gasteiger charge is 2.46. The normalized spacial score (nSPS) is 21.5. The zero-order chi connectivity index (χ0) is 19.6. The second-order valence-corrected chi connectivity index (χ2v) is 8.07. The predicted octanol–water partition coefficient (Wildman–Crippen LogP) is 3.20. The van der Waals surface area contributed by atoms with Gasteiger partial charge in [0.15, 0.2) is 0 Å². The first-order valence-electron chi connectivity index (χ1n) is 10.2. The van der Waals surface area contributed by atoms with Crippen LogP contribution in [0.5, 0.6) is 0 Å². The van der Waals surface area contributed by atoms with E-state index in [2.05, 4.69) is 28.5 Å². The highest BCUT2D eigenvalue weighted by atomic mass is 16.2. The highest BCUT2D eigenvalue weighted by Crippen LogP contribution is 2.37. The number of rotatable bonds is 6. The second kappa shape index (κ2) is 7.74. The Morgan fingerprint density at radius 2 is 2.04 bits per heavy atom. The van der Waals surface area contributed by atoms with Gasteiger partial charge in [-0.05, 0) is 48.4 Å². The van der Waals surface area contributed by atoms with Crippen LogP contribution in [0.4, 0.5) is 0 Å². The standard InChI is InChI=1S/C23H27N3O2/c1-2-21(27)26-12-10-23(16-26,22(28)25-20-8-9-20)14-17-5-3-6-18(13-17)19-7-4-11-24-15-19/h3-7,11,13,15,20H,2,8-10,12,14,16H2,1H3,(H,25,28)/t23-/m1/s1. The molecule has 1 aromatic heterocycles. The summed E-state index contributed by atoms with van der Waals surface area (Å²) < 4.78 is 0. The zero-order valence-corrected chi connectivity index (χ0v) is 16.4. The van der Waals surface area contributed by atoms with E-state index in [1.807, 2.05) is 36.2 Å². The first kappa shape index (κ1) is 18.7. The molecule has 2 aliphatic rings. The van der Waals surface area contributed by atoms with Gasteiger partial charge < -0.3 is 10.2 Å². The Hall–Kier alpha value is -2.69. The van der Waals surface area contributed by atoms with Gasteiger partial charge in [-0.25, -0.2) is 0 Å². The van der Waals surface area contributed by atoms with E-state index in [1.54, 1.807) is 6.20 Å². The number of amides is 2. The van der Waals surface area contributed by atoms with Crippen LogP contribution in [-0.4, -0.2) is 40.8 Å². The van der Waals surface area contributed by atoms with Gasteiger partial charge >= 0.3 is 0 Å². The van der Waals surface area contributed by atoms with Crippen molar-refractivity contribution in [1.82, 2.24) is 15.2 Å². The van der Waals surface area contributed by atoms with Crippen LogP contribution >= 0.6 is 0 Å². The van der Waals surface area contributed by atoms with Crippen molar-refractivity contribution in [3.63, 3.8) is 0 Å². The summed E-state index contributed by atoms with van der Waals surface area (Å²) in [4.78, 5) is 31.5. The van der Waals surface area contributed by atoms with Crippen LogP contribution < -0.4 is 5.32 Å². The molecule has 2 amide bonds. The van der Waals surface area contributed by atoms with Gasteiger partial charge in [-0.1, -0.05) is 37.3 Å². The van der Waals surface area contributed by atoms with Crippen LogP contribution in [0.3, 0.4) is 0 Å². The fourth-order valence-corrected chi connectivity index (χ4v) is 4.07. The topological polar surface area (TPSA) is 62.3 Å². The van der Waals surface area contributed by atoms with Crippen LogP contribution in [0.1, 0.15) is 38.2 Å². The molecule has 5 nitrogen and oxygen atoms in total. The lowest BCUT2D eigenvalue weighted by molar-refractivity contribution is -0.133. The van der Waals surface area contributed by atoms with Crippen molar-refractivity contribution in [3.05, 3.63) is 54.4 Å². The van der Waals surface area contributed by atoms with Gasteiger partial charge in [-0.15, -0.1) is 0 Å². The van der Waals surface area contributed by atoms with Crippen molar-refractivity contribution >= 4 is 11.8 Å². The van der Waals surface area contributed by atoms with Crippen molar-refractivity contribution in [2.24, 2.45) is 5.41 Å². The molecule has 2 aromatic rings. The predicted molar refractivity (Wildman–Crippen MR) is 108 cm³/mol. The molecule has 1 aliphatic carbocycles.